The highest BCUT2D eigenvalue weighted by Crippen LogP contribution is 2.34. The van der Waals surface area contributed by atoms with E-state index in [0.717, 1.165) is 21.9 Å². The van der Waals surface area contributed by atoms with Gasteiger partial charge in [0.05, 0.1) is 24.2 Å². The second-order valence-electron chi connectivity index (χ2n) is 3.46. The molecule has 2 rings (SSSR count). The van der Waals surface area contributed by atoms with Crippen molar-refractivity contribution in [3.8, 4) is 17.0 Å². The number of methoxy groups -OCH3 is 1. The van der Waals surface area contributed by atoms with Gasteiger partial charge in [0.1, 0.15) is 5.75 Å². The number of nitrogens with zero attached hydrogens (tertiary/aromatic N) is 1. The van der Waals surface area contributed by atoms with Crippen LogP contribution in [0.2, 0.25) is 0 Å². The van der Waals surface area contributed by atoms with Crippen molar-refractivity contribution in [1.29, 1.82) is 0 Å². The highest BCUT2D eigenvalue weighted by molar-refractivity contribution is 7.10. The number of aryl methyl sites for hydroxylation is 1. The highest BCUT2D eigenvalue weighted by Gasteiger charge is 2.12. The van der Waals surface area contributed by atoms with E-state index in [1.54, 1.807) is 18.4 Å². The summed E-state index contributed by atoms with van der Waals surface area (Å²) in [7, 11) is 1.67. The molecule has 0 unspecified atom stereocenters. The van der Waals surface area contributed by atoms with Crippen LogP contribution in [-0.4, -0.2) is 12.1 Å². The van der Waals surface area contributed by atoms with Gasteiger partial charge in [-0.05, 0) is 19.1 Å². The van der Waals surface area contributed by atoms with Crippen LogP contribution < -0.4 is 4.74 Å². The number of hydrogen-bond donors (Lipinski definition) is 0. The van der Waals surface area contributed by atoms with Crippen LogP contribution in [0, 0.1) is 6.92 Å². The van der Waals surface area contributed by atoms with Gasteiger partial charge in [0.15, 0.2) is 0 Å². The summed E-state index contributed by atoms with van der Waals surface area (Å²) in [5, 5.41) is 0. The summed E-state index contributed by atoms with van der Waals surface area (Å²) < 4.78 is 5.35. The minimum Gasteiger partial charge on any atom is -0.496 e. The van der Waals surface area contributed by atoms with Gasteiger partial charge in [-0.1, -0.05) is 11.6 Å². The summed E-state index contributed by atoms with van der Waals surface area (Å²) in [5.41, 5.74) is 4.94. The molecule has 0 saturated heterocycles. The van der Waals surface area contributed by atoms with E-state index in [0.29, 0.717) is 5.88 Å². The standard InChI is InChI=1S/C12H12ClNOS/c1-8-3-4-10(15-2)9(5-8)12-11(6-13)16-7-14-12/h3-5,7H,6H2,1-2H3. The van der Waals surface area contributed by atoms with E-state index in [4.69, 9.17) is 16.3 Å². The van der Waals surface area contributed by atoms with E-state index in [2.05, 4.69) is 18.0 Å². The fourth-order valence-corrected chi connectivity index (χ4v) is 2.53. The topological polar surface area (TPSA) is 22.1 Å². The molecule has 0 radical (unpaired) electrons. The minimum atomic E-state index is 0.483. The summed E-state index contributed by atoms with van der Waals surface area (Å²) in [5.74, 6) is 1.32. The van der Waals surface area contributed by atoms with E-state index in [1.165, 1.54) is 5.56 Å². The number of alkyl halides is 1. The molecule has 4 heteroatoms. The fraction of sp³-hybridized carbons (Fsp3) is 0.250. The maximum atomic E-state index is 5.89. The van der Waals surface area contributed by atoms with Crippen LogP contribution in [0.15, 0.2) is 23.7 Å². The Kier molecular flexibility index (Phi) is 3.46. The van der Waals surface area contributed by atoms with Gasteiger partial charge in [-0.2, -0.15) is 0 Å². The summed E-state index contributed by atoms with van der Waals surface area (Å²) in [6, 6.07) is 6.06. The molecule has 0 saturated carbocycles. The Balaban J connectivity index is 2.58. The zero-order valence-corrected chi connectivity index (χ0v) is 10.7. The second kappa shape index (κ2) is 4.85. The molecule has 1 aromatic heterocycles. The van der Waals surface area contributed by atoms with Crippen molar-refractivity contribution < 1.29 is 4.74 Å². The van der Waals surface area contributed by atoms with Gasteiger partial charge in [-0.15, -0.1) is 22.9 Å². The monoisotopic (exact) mass is 253 g/mol. The second-order valence-corrected chi connectivity index (χ2v) is 4.67. The third-order valence-corrected chi connectivity index (χ3v) is 3.63. The number of aromatic nitrogens is 1. The Morgan fingerprint density at radius 2 is 2.25 bits per heavy atom. The maximum absolute atomic E-state index is 5.89. The molecule has 16 heavy (non-hydrogen) atoms. The lowest BCUT2D eigenvalue weighted by atomic mass is 10.1. The van der Waals surface area contributed by atoms with Crippen molar-refractivity contribution in [2.45, 2.75) is 12.8 Å². The summed E-state index contributed by atoms with van der Waals surface area (Å²) in [6.45, 7) is 2.05. The molecule has 0 atom stereocenters. The number of benzene rings is 1. The molecule has 2 nitrogen and oxygen atoms in total. The number of rotatable bonds is 3. The lowest BCUT2D eigenvalue weighted by molar-refractivity contribution is 0.416. The summed E-state index contributed by atoms with van der Waals surface area (Å²) in [6.07, 6.45) is 0. The molecule has 0 amide bonds. The third-order valence-electron chi connectivity index (χ3n) is 2.37. The van der Waals surface area contributed by atoms with Crippen LogP contribution in [0.5, 0.6) is 5.75 Å². The molecular weight excluding hydrogens is 242 g/mol. The average molecular weight is 254 g/mol. The van der Waals surface area contributed by atoms with E-state index in [-0.39, 0.29) is 0 Å². The quantitative estimate of drug-likeness (QED) is 0.775. The molecule has 0 aliphatic heterocycles. The Labute approximate surface area is 104 Å². The number of hydrogen-bond acceptors (Lipinski definition) is 3. The normalized spacial score (nSPS) is 10.4. The van der Waals surface area contributed by atoms with Crippen LogP contribution in [0.25, 0.3) is 11.3 Å². The smallest absolute Gasteiger partial charge is 0.128 e. The van der Waals surface area contributed by atoms with Gasteiger partial charge < -0.3 is 4.74 Å². The van der Waals surface area contributed by atoms with Crippen molar-refractivity contribution in [2.75, 3.05) is 7.11 Å². The maximum Gasteiger partial charge on any atom is 0.128 e. The number of halogens is 1. The first-order valence-electron chi connectivity index (χ1n) is 4.89. The van der Waals surface area contributed by atoms with Crippen LogP contribution in [0.4, 0.5) is 0 Å². The lowest BCUT2D eigenvalue weighted by Crippen LogP contribution is -1.90. The van der Waals surface area contributed by atoms with E-state index in [9.17, 15) is 0 Å². The Hall–Kier alpha value is -1.06. The molecule has 0 bridgehead atoms. The molecule has 1 aromatic carbocycles. The highest BCUT2D eigenvalue weighted by atomic mass is 35.5. The van der Waals surface area contributed by atoms with Gasteiger partial charge >= 0.3 is 0 Å². The molecule has 0 spiro atoms. The molecule has 84 valence electrons. The van der Waals surface area contributed by atoms with Gasteiger partial charge in [-0.3, -0.25) is 0 Å². The Morgan fingerprint density at radius 1 is 1.44 bits per heavy atom. The Bertz CT molecular complexity index is 496. The van der Waals surface area contributed by atoms with Gasteiger partial charge in [0.25, 0.3) is 0 Å². The van der Waals surface area contributed by atoms with Crippen LogP contribution in [-0.2, 0) is 5.88 Å². The van der Waals surface area contributed by atoms with Crippen LogP contribution in [0.3, 0.4) is 0 Å². The zero-order valence-electron chi connectivity index (χ0n) is 9.16. The van der Waals surface area contributed by atoms with Crippen molar-refractivity contribution in [2.24, 2.45) is 0 Å². The third kappa shape index (κ3) is 2.06. The SMILES string of the molecule is COc1ccc(C)cc1-c1ncsc1CCl. The molecule has 0 N–H and O–H groups in total. The largest absolute Gasteiger partial charge is 0.496 e. The average Bonchev–Trinajstić information content (AvgIpc) is 2.76. The molecule has 0 fully saturated rings. The lowest BCUT2D eigenvalue weighted by Gasteiger charge is -2.08. The molecule has 2 aromatic rings. The fourth-order valence-electron chi connectivity index (χ4n) is 1.59. The van der Waals surface area contributed by atoms with Gasteiger partial charge in [0, 0.05) is 10.4 Å². The van der Waals surface area contributed by atoms with Crippen molar-refractivity contribution in [1.82, 2.24) is 4.98 Å². The van der Waals surface area contributed by atoms with Crippen molar-refractivity contribution >= 4 is 22.9 Å². The first-order valence-corrected chi connectivity index (χ1v) is 6.31. The van der Waals surface area contributed by atoms with Crippen LogP contribution >= 0.6 is 22.9 Å². The number of thiazole rings is 1. The predicted molar refractivity (Wildman–Crippen MR) is 68.4 cm³/mol. The molecular formula is C12H12ClNOS. The minimum absolute atomic E-state index is 0.483. The van der Waals surface area contributed by atoms with Crippen LogP contribution in [0.1, 0.15) is 10.4 Å². The first-order chi connectivity index (χ1) is 7.76. The van der Waals surface area contributed by atoms with E-state index < -0.39 is 0 Å². The van der Waals surface area contributed by atoms with Gasteiger partial charge in [-0.25, -0.2) is 4.98 Å². The summed E-state index contributed by atoms with van der Waals surface area (Å²) >= 11 is 7.46. The molecule has 0 aliphatic carbocycles. The molecule has 0 aliphatic rings. The zero-order chi connectivity index (χ0) is 11.5. The van der Waals surface area contributed by atoms with Crippen molar-refractivity contribution in [3.63, 3.8) is 0 Å². The molecule has 1 heterocycles. The predicted octanol–water partition coefficient (Wildman–Crippen LogP) is 3.87. The first kappa shape index (κ1) is 11.4. The van der Waals surface area contributed by atoms with Gasteiger partial charge in [0.2, 0.25) is 0 Å². The Morgan fingerprint density at radius 3 is 2.94 bits per heavy atom. The van der Waals surface area contributed by atoms with E-state index >= 15 is 0 Å². The summed E-state index contributed by atoms with van der Waals surface area (Å²) in [4.78, 5) is 5.44. The van der Waals surface area contributed by atoms with Crippen molar-refractivity contribution in [3.05, 3.63) is 34.2 Å². The number of ether oxygens (including phenoxy) is 1. The van der Waals surface area contributed by atoms with E-state index in [1.807, 2.05) is 17.6 Å².